The first-order chi connectivity index (χ1) is 15.1. The standard InChI is InChI=1S/C24H20FN3O2S/c25-20-13-17(8-9-19(20)16-5-2-1-3-6-16)22(29)18-7-4-10-27(14-18)23(30)21-15-28-11-12-31-24(28)26-21/h1-3,5-6,8-9,11-13,15,18H,4,7,10,14H2/t18-/m1/s1. The Hall–Kier alpha value is -3.32. The first-order valence-electron chi connectivity index (χ1n) is 10.2. The van der Waals surface area contributed by atoms with Crippen molar-refractivity contribution in [3.63, 3.8) is 0 Å². The molecule has 0 spiro atoms. The molecule has 1 atom stereocenters. The van der Waals surface area contributed by atoms with Crippen molar-refractivity contribution in [2.24, 2.45) is 5.92 Å². The van der Waals surface area contributed by atoms with Crippen LogP contribution in [0.25, 0.3) is 16.1 Å². The third kappa shape index (κ3) is 3.77. The highest BCUT2D eigenvalue weighted by Crippen LogP contribution is 2.27. The van der Waals surface area contributed by atoms with Gasteiger partial charge in [0, 0.05) is 47.9 Å². The average molecular weight is 434 g/mol. The maximum Gasteiger partial charge on any atom is 0.274 e. The van der Waals surface area contributed by atoms with E-state index in [2.05, 4.69) is 4.98 Å². The molecule has 2 aromatic carbocycles. The minimum atomic E-state index is -0.418. The number of hydrogen-bond donors (Lipinski definition) is 0. The lowest BCUT2D eigenvalue weighted by molar-refractivity contribution is 0.0632. The van der Waals surface area contributed by atoms with E-state index in [0.29, 0.717) is 36.3 Å². The van der Waals surface area contributed by atoms with Crippen molar-refractivity contribution in [1.29, 1.82) is 0 Å². The smallest absolute Gasteiger partial charge is 0.274 e. The first-order valence-corrected chi connectivity index (χ1v) is 11.1. The second kappa shape index (κ2) is 8.07. The fraction of sp³-hybridized carbons (Fsp3) is 0.208. The summed E-state index contributed by atoms with van der Waals surface area (Å²) in [5, 5.41) is 1.91. The van der Waals surface area contributed by atoms with Crippen molar-refractivity contribution in [1.82, 2.24) is 14.3 Å². The molecule has 3 heterocycles. The Morgan fingerprint density at radius 2 is 1.97 bits per heavy atom. The van der Waals surface area contributed by atoms with E-state index in [9.17, 15) is 14.0 Å². The number of halogens is 1. The van der Waals surface area contributed by atoms with Gasteiger partial charge in [0.15, 0.2) is 10.7 Å². The number of carbonyl (C=O) groups is 2. The van der Waals surface area contributed by atoms with E-state index in [1.807, 2.05) is 46.3 Å². The van der Waals surface area contributed by atoms with Gasteiger partial charge in [0.2, 0.25) is 0 Å². The molecular formula is C24H20FN3O2S. The Bertz CT molecular complexity index is 1240. The second-order valence-corrected chi connectivity index (χ2v) is 8.61. The van der Waals surface area contributed by atoms with Gasteiger partial charge in [-0.15, -0.1) is 11.3 Å². The van der Waals surface area contributed by atoms with E-state index in [0.717, 1.165) is 16.9 Å². The lowest BCUT2D eigenvalue weighted by atomic mass is 9.89. The van der Waals surface area contributed by atoms with Gasteiger partial charge in [-0.3, -0.25) is 14.0 Å². The fourth-order valence-electron chi connectivity index (χ4n) is 4.12. The van der Waals surface area contributed by atoms with Crippen molar-refractivity contribution < 1.29 is 14.0 Å². The highest BCUT2D eigenvalue weighted by molar-refractivity contribution is 7.15. The van der Waals surface area contributed by atoms with Crippen LogP contribution in [0.2, 0.25) is 0 Å². The number of imidazole rings is 1. The number of hydrogen-bond acceptors (Lipinski definition) is 4. The van der Waals surface area contributed by atoms with Crippen molar-refractivity contribution in [3.05, 3.63) is 83.4 Å². The van der Waals surface area contributed by atoms with Crippen LogP contribution in [0, 0.1) is 11.7 Å². The lowest BCUT2D eigenvalue weighted by Crippen LogP contribution is -2.42. The molecule has 1 aliphatic rings. The second-order valence-electron chi connectivity index (χ2n) is 7.73. The number of benzene rings is 2. The zero-order valence-corrected chi connectivity index (χ0v) is 17.5. The quantitative estimate of drug-likeness (QED) is 0.429. The highest BCUT2D eigenvalue weighted by Gasteiger charge is 2.30. The molecule has 0 aliphatic carbocycles. The van der Waals surface area contributed by atoms with E-state index in [1.54, 1.807) is 23.2 Å². The van der Waals surface area contributed by atoms with Crippen LogP contribution in [0.4, 0.5) is 4.39 Å². The Kier molecular flexibility index (Phi) is 5.11. The number of amides is 1. The predicted molar refractivity (Wildman–Crippen MR) is 118 cm³/mol. The molecule has 1 amide bonds. The molecule has 4 aromatic rings. The van der Waals surface area contributed by atoms with Crippen molar-refractivity contribution in [2.45, 2.75) is 12.8 Å². The molecule has 1 fully saturated rings. The highest BCUT2D eigenvalue weighted by atomic mass is 32.1. The van der Waals surface area contributed by atoms with Crippen LogP contribution < -0.4 is 0 Å². The summed E-state index contributed by atoms with van der Waals surface area (Å²) in [6, 6.07) is 13.9. The van der Waals surface area contributed by atoms with Crippen molar-refractivity contribution >= 4 is 28.0 Å². The van der Waals surface area contributed by atoms with E-state index in [1.165, 1.54) is 17.4 Å². The number of rotatable bonds is 4. The number of aromatic nitrogens is 2. The topological polar surface area (TPSA) is 54.7 Å². The Morgan fingerprint density at radius 1 is 1.13 bits per heavy atom. The molecule has 0 saturated carbocycles. The minimum Gasteiger partial charge on any atom is -0.337 e. The number of nitrogens with zero attached hydrogens (tertiary/aromatic N) is 3. The van der Waals surface area contributed by atoms with Crippen LogP contribution in [-0.4, -0.2) is 39.1 Å². The molecule has 1 aliphatic heterocycles. The summed E-state index contributed by atoms with van der Waals surface area (Å²) in [6.07, 6.45) is 5.00. The zero-order valence-electron chi connectivity index (χ0n) is 16.7. The normalized spacial score (nSPS) is 16.5. The van der Waals surface area contributed by atoms with Crippen LogP contribution in [-0.2, 0) is 0 Å². The summed E-state index contributed by atoms with van der Waals surface area (Å²) in [6.45, 7) is 0.917. The third-order valence-corrected chi connectivity index (χ3v) is 6.50. The van der Waals surface area contributed by atoms with Gasteiger partial charge < -0.3 is 4.90 Å². The maximum absolute atomic E-state index is 14.7. The Balaban J connectivity index is 1.33. The molecule has 0 unspecified atom stereocenters. The number of piperidine rings is 1. The molecule has 0 bridgehead atoms. The Morgan fingerprint density at radius 3 is 2.74 bits per heavy atom. The van der Waals surface area contributed by atoms with E-state index >= 15 is 0 Å². The average Bonchev–Trinajstić information content (AvgIpc) is 3.41. The number of Topliss-reactive ketones (excluding diaryl/α,β-unsaturated/α-hetero) is 1. The molecule has 1 saturated heterocycles. The van der Waals surface area contributed by atoms with Crippen molar-refractivity contribution in [2.75, 3.05) is 13.1 Å². The summed E-state index contributed by atoms with van der Waals surface area (Å²) in [7, 11) is 0. The number of thiazole rings is 1. The minimum absolute atomic E-state index is 0.123. The van der Waals surface area contributed by atoms with Gasteiger partial charge in [0.05, 0.1) is 0 Å². The zero-order chi connectivity index (χ0) is 21.4. The molecule has 5 nitrogen and oxygen atoms in total. The summed E-state index contributed by atoms with van der Waals surface area (Å²) in [4.78, 5) is 32.8. The summed E-state index contributed by atoms with van der Waals surface area (Å²) in [5.74, 6) is -1.05. The van der Waals surface area contributed by atoms with Gasteiger partial charge >= 0.3 is 0 Å². The van der Waals surface area contributed by atoms with Crippen LogP contribution in [0.15, 0.2) is 66.3 Å². The molecule has 156 valence electrons. The van der Waals surface area contributed by atoms with Crippen LogP contribution >= 0.6 is 11.3 Å². The SMILES string of the molecule is O=C(c1ccc(-c2ccccc2)c(F)c1)[C@@H]1CCCN(C(=O)c2cn3ccsc3n2)C1. The van der Waals surface area contributed by atoms with Gasteiger partial charge in [-0.05, 0) is 24.5 Å². The summed E-state index contributed by atoms with van der Waals surface area (Å²) >= 11 is 1.47. The largest absolute Gasteiger partial charge is 0.337 e. The lowest BCUT2D eigenvalue weighted by Gasteiger charge is -2.31. The van der Waals surface area contributed by atoms with Crippen LogP contribution in [0.5, 0.6) is 0 Å². The summed E-state index contributed by atoms with van der Waals surface area (Å²) < 4.78 is 16.6. The molecule has 31 heavy (non-hydrogen) atoms. The number of fused-ring (bicyclic) bond motifs is 1. The molecule has 0 N–H and O–H groups in total. The van der Waals surface area contributed by atoms with Crippen molar-refractivity contribution in [3.8, 4) is 11.1 Å². The first kappa shape index (κ1) is 19.6. The van der Waals surface area contributed by atoms with E-state index in [4.69, 9.17) is 0 Å². The van der Waals surface area contributed by atoms with Gasteiger partial charge in [-0.2, -0.15) is 0 Å². The maximum atomic E-state index is 14.7. The molecule has 2 aromatic heterocycles. The van der Waals surface area contributed by atoms with Gasteiger partial charge in [0.25, 0.3) is 5.91 Å². The molecule has 5 rings (SSSR count). The van der Waals surface area contributed by atoms with Crippen LogP contribution in [0.1, 0.15) is 33.7 Å². The molecule has 0 radical (unpaired) electrons. The van der Waals surface area contributed by atoms with Gasteiger partial charge in [-0.25, -0.2) is 9.37 Å². The third-order valence-electron chi connectivity index (χ3n) is 5.73. The van der Waals surface area contributed by atoms with Gasteiger partial charge in [0.1, 0.15) is 11.5 Å². The number of carbonyl (C=O) groups excluding carboxylic acids is 2. The molecular weight excluding hydrogens is 413 g/mol. The van der Waals surface area contributed by atoms with E-state index < -0.39 is 5.82 Å². The Labute approximate surface area is 182 Å². The van der Waals surface area contributed by atoms with Crippen LogP contribution in [0.3, 0.4) is 0 Å². The predicted octanol–water partition coefficient (Wildman–Crippen LogP) is 4.94. The fourth-order valence-corrected chi connectivity index (χ4v) is 4.82. The number of ketones is 1. The number of likely N-dealkylation sites (tertiary alicyclic amines) is 1. The summed E-state index contributed by atoms with van der Waals surface area (Å²) in [5.41, 5.74) is 1.97. The van der Waals surface area contributed by atoms with E-state index in [-0.39, 0.29) is 17.6 Å². The van der Waals surface area contributed by atoms with Gasteiger partial charge in [-0.1, -0.05) is 42.5 Å². The monoisotopic (exact) mass is 433 g/mol. The molecule has 7 heteroatoms.